The van der Waals surface area contributed by atoms with Gasteiger partial charge in [0.15, 0.2) is 0 Å². The molecule has 31 atom stereocenters. The Morgan fingerprint density at radius 2 is 0.811 bits per heavy atom. The Labute approximate surface area is 433 Å². The van der Waals surface area contributed by atoms with E-state index in [0.29, 0.717) is 57.8 Å². The summed E-state index contributed by atoms with van der Waals surface area (Å²) in [6, 6.07) is 0. The molecule has 0 aliphatic carbocycles. The largest absolute Gasteiger partial charge is 0.478 e. The fourth-order valence-corrected chi connectivity index (χ4v) is 16.6. The van der Waals surface area contributed by atoms with Crippen molar-refractivity contribution in [2.75, 3.05) is 0 Å². The lowest BCUT2D eigenvalue weighted by Gasteiger charge is -2.56. The monoisotopic (exact) mass is 1040 g/mol. The molecule has 14 heterocycles. The third kappa shape index (κ3) is 9.10. The summed E-state index contributed by atoms with van der Waals surface area (Å²) in [5, 5.41) is 43.2. The Morgan fingerprint density at radius 1 is 0.432 bits per heavy atom. The number of aliphatic carboxylic acids is 1. The van der Waals surface area contributed by atoms with Crippen molar-refractivity contribution in [2.24, 2.45) is 0 Å². The molecule has 0 aromatic rings. The van der Waals surface area contributed by atoms with E-state index >= 15 is 0 Å². The van der Waals surface area contributed by atoms with Crippen molar-refractivity contribution in [2.45, 2.75) is 325 Å². The van der Waals surface area contributed by atoms with Crippen molar-refractivity contribution >= 4 is 5.97 Å². The summed E-state index contributed by atoms with van der Waals surface area (Å²) >= 11 is 0. The standard InChI is InChI=1S/C55H80O19/c1-23(53(59)60)5-6-25-11-31-32(62-25)13-27(57)51-45(66-31)19-40-34(71-51)14-28(58)52-46(67-40)20-42-48(72-52)22-55(4)50(70-42)10-8-30-44(74-55)18-39-36(64-30)15-38-37(65-39)16-41-47(68-38)21-54(3)49(69-41)9-7-29-43(73-54)17-35-33(63-29)12-26(56)24(2)61-35/h5,24-52,56-58H,6-22H2,1-4H3,(H,59,60)/b23-5+/t24-,25+,26+,27+,28+,29+,30+,31+,32-,33-,34-,35+,36-,37-,38+,39+,40+,41+,42+,43-,44-,45-,46-,47-,48-,49-,50-,51+,52+,54+,55+/m1/s1. The van der Waals surface area contributed by atoms with Crippen LogP contribution >= 0.6 is 0 Å². The molecule has 4 N–H and O–H groups in total. The first-order valence-electron chi connectivity index (χ1n) is 28.7. The highest BCUT2D eigenvalue weighted by Crippen LogP contribution is 2.52. The minimum absolute atomic E-state index is 0.0625. The Kier molecular flexibility index (Phi) is 13.3. The lowest BCUT2D eigenvalue weighted by molar-refractivity contribution is -0.329. The van der Waals surface area contributed by atoms with Gasteiger partial charge in [0.25, 0.3) is 0 Å². The lowest BCUT2D eigenvalue weighted by atomic mass is 9.80. The third-order valence-corrected chi connectivity index (χ3v) is 20.5. The zero-order chi connectivity index (χ0) is 50.5. The molecule has 0 radical (unpaired) electrons. The Hall–Kier alpha value is -1.47. The van der Waals surface area contributed by atoms with Crippen molar-refractivity contribution < 1.29 is 91.5 Å². The average molecular weight is 1050 g/mol. The number of carboxylic acid groups (broad SMARTS) is 1. The van der Waals surface area contributed by atoms with Crippen LogP contribution in [0.25, 0.3) is 0 Å². The molecular formula is C55H80O19. The molecule has 414 valence electrons. The van der Waals surface area contributed by atoms with E-state index in [0.717, 1.165) is 51.4 Å². The van der Waals surface area contributed by atoms with E-state index in [1.165, 1.54) is 0 Å². The molecule has 14 aliphatic rings. The molecule has 14 saturated heterocycles. The molecule has 19 heteroatoms. The number of hydrogen-bond acceptors (Lipinski definition) is 18. The molecule has 0 aromatic heterocycles. The molecule has 14 fully saturated rings. The molecule has 19 nitrogen and oxygen atoms in total. The number of ether oxygens (including phenoxy) is 14. The van der Waals surface area contributed by atoms with Crippen LogP contribution in [-0.4, -0.2) is 215 Å². The van der Waals surface area contributed by atoms with E-state index in [1.807, 2.05) is 6.92 Å². The van der Waals surface area contributed by atoms with Crippen LogP contribution < -0.4 is 0 Å². The van der Waals surface area contributed by atoms with Gasteiger partial charge in [0.2, 0.25) is 0 Å². The lowest BCUT2D eigenvalue weighted by Crippen LogP contribution is -2.65. The molecular weight excluding hydrogens is 965 g/mol. The molecule has 14 aliphatic heterocycles. The maximum absolute atomic E-state index is 11.8. The van der Waals surface area contributed by atoms with Crippen molar-refractivity contribution in [3.63, 3.8) is 0 Å². The number of carbonyl (C=O) groups is 1. The highest BCUT2D eigenvalue weighted by Gasteiger charge is 2.62. The molecule has 0 spiro atoms. The first-order chi connectivity index (χ1) is 35.6. The fourth-order valence-electron chi connectivity index (χ4n) is 16.6. The van der Waals surface area contributed by atoms with Crippen LogP contribution in [0.1, 0.15) is 137 Å². The van der Waals surface area contributed by atoms with Crippen LogP contribution in [0.5, 0.6) is 0 Å². The second-order valence-corrected chi connectivity index (χ2v) is 25.5. The molecule has 0 aromatic carbocycles. The molecule has 0 unspecified atom stereocenters. The third-order valence-electron chi connectivity index (χ3n) is 20.5. The molecule has 14 rings (SSSR count). The van der Waals surface area contributed by atoms with E-state index in [1.54, 1.807) is 13.0 Å². The van der Waals surface area contributed by atoms with Gasteiger partial charge in [0.05, 0.1) is 176 Å². The first kappa shape index (κ1) is 50.7. The summed E-state index contributed by atoms with van der Waals surface area (Å²) in [6.07, 6.45) is 4.13. The average Bonchev–Trinajstić information content (AvgIpc) is 3.41. The number of fused-ring (bicyclic) bond motifs is 13. The number of aliphatic hydroxyl groups is 3. The van der Waals surface area contributed by atoms with Gasteiger partial charge in [-0.3, -0.25) is 0 Å². The van der Waals surface area contributed by atoms with Gasteiger partial charge < -0.3 is 86.7 Å². The predicted octanol–water partition coefficient (Wildman–Crippen LogP) is 3.28. The van der Waals surface area contributed by atoms with Gasteiger partial charge in [0, 0.05) is 82.6 Å². The van der Waals surface area contributed by atoms with Crippen molar-refractivity contribution in [3.8, 4) is 0 Å². The summed E-state index contributed by atoms with van der Waals surface area (Å²) in [6.45, 7) is 7.84. The fraction of sp³-hybridized carbons (Fsp3) is 0.945. The summed E-state index contributed by atoms with van der Waals surface area (Å²) in [4.78, 5) is 11.4. The summed E-state index contributed by atoms with van der Waals surface area (Å²) in [7, 11) is 0. The Bertz CT molecular complexity index is 2120. The van der Waals surface area contributed by atoms with Crippen LogP contribution in [0.2, 0.25) is 0 Å². The maximum Gasteiger partial charge on any atom is 0.330 e. The Balaban J connectivity index is 0.599. The van der Waals surface area contributed by atoms with Gasteiger partial charge in [0.1, 0.15) is 12.2 Å². The molecule has 0 saturated carbocycles. The molecule has 74 heavy (non-hydrogen) atoms. The maximum atomic E-state index is 11.8. The first-order valence-corrected chi connectivity index (χ1v) is 28.7. The van der Waals surface area contributed by atoms with Gasteiger partial charge in [-0.15, -0.1) is 0 Å². The highest BCUT2D eigenvalue weighted by molar-refractivity contribution is 5.85. The van der Waals surface area contributed by atoms with E-state index in [-0.39, 0.29) is 134 Å². The summed E-state index contributed by atoms with van der Waals surface area (Å²) in [5.74, 6) is -0.951. The van der Waals surface area contributed by atoms with Crippen LogP contribution in [0.3, 0.4) is 0 Å². The van der Waals surface area contributed by atoms with Gasteiger partial charge in [-0.1, -0.05) is 6.08 Å². The van der Waals surface area contributed by atoms with Crippen LogP contribution in [0, 0.1) is 0 Å². The van der Waals surface area contributed by atoms with E-state index in [4.69, 9.17) is 66.3 Å². The van der Waals surface area contributed by atoms with E-state index < -0.39 is 66.0 Å². The van der Waals surface area contributed by atoms with Crippen molar-refractivity contribution in [1.29, 1.82) is 0 Å². The minimum atomic E-state index is -0.951. The summed E-state index contributed by atoms with van der Waals surface area (Å²) < 4.78 is 95.4. The van der Waals surface area contributed by atoms with Gasteiger partial charge in [-0.25, -0.2) is 4.79 Å². The SMILES string of the molecule is C/C(=C\C[C@H]1C[C@@H]2O[C@@H]3C[C@@H]4O[C@@H]5C[C@@H]6O[C@@H]7CC[C@@H]8O[C@@H]9C[C@@H]%10O[C@@H]%11C[C@]%12(C)O[C@@H]%13C[C@@H]%14O[C@H](C)[C@@H](O)C[C@H]%14O[C@H]%13CC[C@H]%12O[C@H]%11C[C@H]%10O[C@H]9C[C@H]8O[C@@]7(C)C[C@H]6O[C@H]5[C@@H](O)C[C@H]4O[C@H]3[C@@H](O)C[C@H]2O1)C(=O)O. The van der Waals surface area contributed by atoms with Crippen LogP contribution in [0.4, 0.5) is 0 Å². The number of carboxylic acids is 1. The quantitative estimate of drug-likeness (QED) is 0.298. The summed E-state index contributed by atoms with van der Waals surface area (Å²) in [5.41, 5.74) is -0.910. The van der Waals surface area contributed by atoms with Crippen molar-refractivity contribution in [1.82, 2.24) is 0 Å². The smallest absolute Gasteiger partial charge is 0.330 e. The Morgan fingerprint density at radius 3 is 1.36 bits per heavy atom. The highest BCUT2D eigenvalue weighted by atomic mass is 16.7. The van der Waals surface area contributed by atoms with E-state index in [9.17, 15) is 25.2 Å². The van der Waals surface area contributed by atoms with Crippen LogP contribution in [-0.2, 0) is 71.1 Å². The van der Waals surface area contributed by atoms with Gasteiger partial charge in [-0.2, -0.15) is 0 Å². The molecule has 0 bridgehead atoms. The number of hydrogen-bond donors (Lipinski definition) is 4. The zero-order valence-electron chi connectivity index (χ0n) is 43.3. The predicted molar refractivity (Wildman–Crippen MR) is 254 cm³/mol. The van der Waals surface area contributed by atoms with E-state index in [2.05, 4.69) is 13.8 Å². The van der Waals surface area contributed by atoms with Gasteiger partial charge in [-0.05, 0) is 59.8 Å². The minimum Gasteiger partial charge on any atom is -0.478 e. The second-order valence-electron chi connectivity index (χ2n) is 25.5. The normalized spacial score (nSPS) is 58.7. The second kappa shape index (κ2) is 19.4. The zero-order valence-corrected chi connectivity index (χ0v) is 43.3. The van der Waals surface area contributed by atoms with Gasteiger partial charge >= 0.3 is 5.97 Å². The molecule has 0 amide bonds. The van der Waals surface area contributed by atoms with Crippen molar-refractivity contribution in [3.05, 3.63) is 11.6 Å². The number of rotatable bonds is 3. The topological polar surface area (TPSA) is 227 Å². The number of aliphatic hydroxyl groups excluding tert-OH is 3. The van der Waals surface area contributed by atoms with Crippen LogP contribution in [0.15, 0.2) is 11.6 Å².